The van der Waals surface area contributed by atoms with Crippen molar-refractivity contribution in [2.24, 2.45) is 0 Å². The van der Waals surface area contributed by atoms with Crippen molar-refractivity contribution in [3.8, 4) is 6.07 Å². The van der Waals surface area contributed by atoms with Gasteiger partial charge in [-0.25, -0.2) is 0 Å². The summed E-state index contributed by atoms with van der Waals surface area (Å²) >= 11 is 3.23. The van der Waals surface area contributed by atoms with E-state index >= 15 is 0 Å². The molecule has 0 aromatic heterocycles. The number of hydrogen-bond donors (Lipinski definition) is 0. The van der Waals surface area contributed by atoms with Crippen LogP contribution in [0.25, 0.3) is 0 Å². The normalized spacial score (nSPS) is 11.8. The Kier molecular flexibility index (Phi) is 3.84. The zero-order valence-corrected chi connectivity index (χ0v) is 9.41. The summed E-state index contributed by atoms with van der Waals surface area (Å²) in [5, 5.41) is 8.59. The highest BCUT2D eigenvalue weighted by atomic mass is 79.9. The van der Waals surface area contributed by atoms with Crippen LogP contribution >= 0.6 is 15.9 Å². The molecule has 0 aliphatic heterocycles. The van der Waals surface area contributed by atoms with Gasteiger partial charge in [0.15, 0.2) is 5.78 Å². The number of carbonyl (C=O) groups is 1. The van der Waals surface area contributed by atoms with Crippen LogP contribution in [0.1, 0.15) is 22.8 Å². The first-order valence-electron chi connectivity index (χ1n) is 4.30. The lowest BCUT2D eigenvalue weighted by Gasteiger charge is -2.06. The van der Waals surface area contributed by atoms with Gasteiger partial charge in [0, 0.05) is 5.56 Å². The Morgan fingerprint density at radius 3 is 2.79 bits per heavy atom. The van der Waals surface area contributed by atoms with Gasteiger partial charge in [0.2, 0.25) is 0 Å². The van der Waals surface area contributed by atoms with E-state index in [2.05, 4.69) is 22.0 Å². The van der Waals surface area contributed by atoms with Gasteiger partial charge in [-0.3, -0.25) is 4.79 Å². The highest BCUT2D eigenvalue weighted by molar-refractivity contribution is 9.10. The summed E-state index contributed by atoms with van der Waals surface area (Å²) in [7, 11) is 0. The number of alkyl halides is 1. The number of halogens is 1. The van der Waals surface area contributed by atoms with Gasteiger partial charge in [-0.15, -0.1) is 0 Å². The van der Waals surface area contributed by atoms with Crippen LogP contribution in [0.2, 0.25) is 0 Å². The average molecular weight is 252 g/mol. The summed E-state index contributed by atoms with van der Waals surface area (Å²) < 4.78 is 0. The van der Waals surface area contributed by atoms with E-state index in [1.165, 1.54) is 0 Å². The van der Waals surface area contributed by atoms with Crippen molar-refractivity contribution in [2.75, 3.05) is 0 Å². The Bertz CT molecular complexity index is 379. The molecule has 1 aromatic rings. The molecule has 0 saturated heterocycles. The van der Waals surface area contributed by atoms with Crippen LogP contribution in [-0.2, 0) is 6.42 Å². The van der Waals surface area contributed by atoms with E-state index in [1.54, 1.807) is 13.0 Å². The zero-order chi connectivity index (χ0) is 10.6. The zero-order valence-electron chi connectivity index (χ0n) is 7.83. The molecule has 3 heteroatoms. The maximum atomic E-state index is 11.7. The van der Waals surface area contributed by atoms with Crippen LogP contribution in [-0.4, -0.2) is 10.6 Å². The van der Waals surface area contributed by atoms with Crippen LogP contribution in [0.15, 0.2) is 24.3 Å². The molecule has 2 nitrogen and oxygen atoms in total. The van der Waals surface area contributed by atoms with Crippen LogP contribution in [0.3, 0.4) is 0 Å². The molecule has 0 heterocycles. The topological polar surface area (TPSA) is 40.9 Å². The second-order valence-corrected chi connectivity index (χ2v) is 4.35. The fourth-order valence-corrected chi connectivity index (χ4v) is 1.46. The molecule has 1 rings (SSSR count). The third kappa shape index (κ3) is 2.43. The van der Waals surface area contributed by atoms with Gasteiger partial charge < -0.3 is 0 Å². The molecule has 0 fully saturated rings. The number of ketones is 1. The van der Waals surface area contributed by atoms with Crippen molar-refractivity contribution in [3.63, 3.8) is 0 Å². The summed E-state index contributed by atoms with van der Waals surface area (Å²) in [6.07, 6.45) is 0.279. The van der Waals surface area contributed by atoms with Crippen LogP contribution < -0.4 is 0 Å². The molecule has 0 bridgehead atoms. The molecule has 1 unspecified atom stereocenters. The first-order valence-corrected chi connectivity index (χ1v) is 5.21. The maximum Gasteiger partial charge on any atom is 0.176 e. The Hall–Kier alpha value is -1.14. The molecule has 72 valence electrons. The molecule has 14 heavy (non-hydrogen) atoms. The molecule has 1 atom stereocenters. The standard InChI is InChI=1S/C11H10BrNO/c1-8(12)11(14)10-5-3-2-4-9(10)6-7-13/h2-5,8H,6H2,1H3. The van der Waals surface area contributed by atoms with Crippen molar-refractivity contribution >= 4 is 21.7 Å². The van der Waals surface area contributed by atoms with Gasteiger partial charge in [0.25, 0.3) is 0 Å². The molecule has 0 amide bonds. The molecule has 1 aromatic carbocycles. The molecule has 0 N–H and O–H groups in total. The second-order valence-electron chi connectivity index (χ2n) is 2.97. The Balaban J connectivity index is 3.08. The fourth-order valence-electron chi connectivity index (χ4n) is 1.21. The highest BCUT2D eigenvalue weighted by Crippen LogP contribution is 2.15. The van der Waals surface area contributed by atoms with Crippen molar-refractivity contribution in [3.05, 3.63) is 35.4 Å². The summed E-state index contributed by atoms with van der Waals surface area (Å²) in [4.78, 5) is 11.5. The van der Waals surface area contributed by atoms with E-state index in [9.17, 15) is 4.79 Å². The number of hydrogen-bond acceptors (Lipinski definition) is 2. The van der Waals surface area contributed by atoms with E-state index in [-0.39, 0.29) is 17.0 Å². The predicted octanol–water partition coefficient (Wildman–Crippen LogP) is 2.72. The third-order valence-corrected chi connectivity index (χ3v) is 2.33. The van der Waals surface area contributed by atoms with Crippen molar-refractivity contribution in [1.82, 2.24) is 0 Å². The first kappa shape index (κ1) is 10.9. The van der Waals surface area contributed by atoms with Gasteiger partial charge in [-0.1, -0.05) is 40.2 Å². The number of nitrogens with zero attached hydrogens (tertiary/aromatic N) is 1. The van der Waals surface area contributed by atoms with E-state index in [1.807, 2.05) is 18.2 Å². The summed E-state index contributed by atoms with van der Waals surface area (Å²) in [5.74, 6) is 0.0239. The smallest absolute Gasteiger partial charge is 0.176 e. The monoisotopic (exact) mass is 251 g/mol. The van der Waals surface area contributed by atoms with E-state index < -0.39 is 0 Å². The maximum absolute atomic E-state index is 11.7. The van der Waals surface area contributed by atoms with Gasteiger partial charge >= 0.3 is 0 Å². The SMILES string of the molecule is CC(Br)C(=O)c1ccccc1CC#N. The quantitative estimate of drug-likeness (QED) is 0.613. The van der Waals surface area contributed by atoms with Gasteiger partial charge in [-0.05, 0) is 12.5 Å². The number of rotatable bonds is 3. The van der Waals surface area contributed by atoms with Crippen molar-refractivity contribution in [2.45, 2.75) is 18.2 Å². The van der Waals surface area contributed by atoms with Crippen molar-refractivity contribution < 1.29 is 4.79 Å². The van der Waals surface area contributed by atoms with Gasteiger partial charge in [0.1, 0.15) is 0 Å². The van der Waals surface area contributed by atoms with Crippen LogP contribution in [0.4, 0.5) is 0 Å². The fraction of sp³-hybridized carbons (Fsp3) is 0.273. The Labute approximate surface area is 91.7 Å². The predicted molar refractivity (Wildman–Crippen MR) is 58.5 cm³/mol. The summed E-state index contributed by atoms with van der Waals surface area (Å²) in [6.45, 7) is 1.78. The molecule has 0 saturated carbocycles. The Morgan fingerprint density at radius 1 is 1.57 bits per heavy atom. The molecule has 0 aliphatic carbocycles. The molecular weight excluding hydrogens is 242 g/mol. The van der Waals surface area contributed by atoms with Crippen molar-refractivity contribution in [1.29, 1.82) is 5.26 Å². The molecule has 0 spiro atoms. The number of benzene rings is 1. The lowest BCUT2D eigenvalue weighted by molar-refractivity contribution is 0.0995. The largest absolute Gasteiger partial charge is 0.293 e. The van der Waals surface area contributed by atoms with E-state index in [0.29, 0.717) is 5.56 Å². The Morgan fingerprint density at radius 2 is 2.21 bits per heavy atom. The van der Waals surface area contributed by atoms with Gasteiger partial charge in [0.05, 0.1) is 17.3 Å². The number of Topliss-reactive ketones (excluding diaryl/α,β-unsaturated/α-hetero) is 1. The van der Waals surface area contributed by atoms with Crippen LogP contribution in [0, 0.1) is 11.3 Å². The average Bonchev–Trinajstić information content (AvgIpc) is 2.18. The highest BCUT2D eigenvalue weighted by Gasteiger charge is 2.14. The number of carbonyl (C=O) groups excluding carboxylic acids is 1. The molecular formula is C11H10BrNO. The van der Waals surface area contributed by atoms with E-state index in [4.69, 9.17) is 5.26 Å². The second kappa shape index (κ2) is 4.92. The first-order chi connectivity index (χ1) is 6.66. The lowest BCUT2D eigenvalue weighted by Crippen LogP contribution is -2.12. The minimum atomic E-state index is -0.206. The summed E-state index contributed by atoms with van der Waals surface area (Å²) in [5.41, 5.74) is 1.43. The third-order valence-electron chi connectivity index (χ3n) is 1.91. The van der Waals surface area contributed by atoms with Gasteiger partial charge in [-0.2, -0.15) is 5.26 Å². The lowest BCUT2D eigenvalue weighted by atomic mass is 10.0. The number of nitriles is 1. The minimum Gasteiger partial charge on any atom is -0.293 e. The van der Waals surface area contributed by atoms with Crippen LogP contribution in [0.5, 0.6) is 0 Å². The molecule has 0 aliphatic rings. The minimum absolute atomic E-state index is 0.0239. The summed E-state index contributed by atoms with van der Waals surface area (Å²) in [6, 6.07) is 9.26. The molecule has 0 radical (unpaired) electrons. The van der Waals surface area contributed by atoms with E-state index in [0.717, 1.165) is 5.56 Å².